The highest BCUT2D eigenvalue weighted by Gasteiger charge is 2.15. The lowest BCUT2D eigenvalue weighted by molar-refractivity contribution is 0.121. The molecular weight excluding hydrogens is 462 g/mol. The molecule has 1 fully saturated rings. The molecule has 2 heterocycles. The Labute approximate surface area is 217 Å². The number of nitrogens with one attached hydrogen (secondary N) is 1. The van der Waals surface area contributed by atoms with Crippen molar-refractivity contribution in [2.24, 2.45) is 0 Å². The number of fused-ring (bicyclic) bond motifs is 1. The van der Waals surface area contributed by atoms with Gasteiger partial charge in [-0.05, 0) is 61.0 Å². The van der Waals surface area contributed by atoms with Crippen molar-refractivity contribution in [3.63, 3.8) is 0 Å². The van der Waals surface area contributed by atoms with Gasteiger partial charge < -0.3 is 15.2 Å². The Morgan fingerprint density at radius 2 is 1.76 bits per heavy atom. The fourth-order valence-corrected chi connectivity index (χ4v) is 4.39. The van der Waals surface area contributed by atoms with Crippen LogP contribution in [0.3, 0.4) is 0 Å². The highest BCUT2D eigenvalue weighted by atomic mass is 16.5. The Bertz CT molecular complexity index is 1410. The van der Waals surface area contributed by atoms with E-state index in [1.807, 2.05) is 67.6 Å². The van der Waals surface area contributed by atoms with Gasteiger partial charge >= 0.3 is 0 Å². The van der Waals surface area contributed by atoms with Crippen molar-refractivity contribution in [1.82, 2.24) is 19.8 Å². The van der Waals surface area contributed by atoms with Crippen LogP contribution in [0.2, 0.25) is 0 Å². The van der Waals surface area contributed by atoms with Crippen LogP contribution in [0, 0.1) is 18.8 Å². The van der Waals surface area contributed by atoms with Crippen LogP contribution in [0.4, 0.5) is 11.5 Å². The summed E-state index contributed by atoms with van der Waals surface area (Å²) in [5.41, 5.74) is 3.75. The maximum atomic E-state index is 9.11. The summed E-state index contributed by atoms with van der Waals surface area (Å²) in [6, 6.07) is 21.8. The summed E-state index contributed by atoms with van der Waals surface area (Å²) in [6.07, 6.45) is 1.58. The van der Waals surface area contributed by atoms with E-state index in [1.54, 1.807) is 6.33 Å². The first-order valence-corrected chi connectivity index (χ1v) is 12.6. The fraction of sp³-hybridized carbons (Fsp3) is 0.267. The number of aryl methyl sites for hydroxylation is 1. The Kier molecular flexibility index (Phi) is 7.92. The molecule has 1 aromatic heterocycles. The molecule has 0 saturated carbocycles. The largest absolute Gasteiger partial charge is 0.457 e. The Hall–Kier alpha value is -3.96. The van der Waals surface area contributed by atoms with Gasteiger partial charge in [-0.1, -0.05) is 30.0 Å². The van der Waals surface area contributed by atoms with Gasteiger partial charge in [0.1, 0.15) is 23.6 Å². The molecule has 1 aliphatic heterocycles. The van der Waals surface area contributed by atoms with E-state index in [-0.39, 0.29) is 6.61 Å². The predicted molar refractivity (Wildman–Crippen MR) is 147 cm³/mol. The van der Waals surface area contributed by atoms with E-state index >= 15 is 0 Å². The average molecular weight is 494 g/mol. The summed E-state index contributed by atoms with van der Waals surface area (Å²) >= 11 is 0. The van der Waals surface area contributed by atoms with Crippen molar-refractivity contribution in [2.45, 2.75) is 6.92 Å². The number of β-amino-alcohol motifs (C(OH)–C–C–N with tert-alkyl or cyclic N) is 1. The molecule has 0 aliphatic carbocycles. The van der Waals surface area contributed by atoms with Crippen molar-refractivity contribution < 1.29 is 9.84 Å². The van der Waals surface area contributed by atoms with Crippen molar-refractivity contribution in [1.29, 1.82) is 0 Å². The number of aliphatic hydroxyl groups is 1. The van der Waals surface area contributed by atoms with Crippen molar-refractivity contribution in [3.05, 3.63) is 84.2 Å². The van der Waals surface area contributed by atoms with Crippen LogP contribution in [0.25, 0.3) is 10.9 Å². The molecular formula is C30H31N5O2. The molecule has 188 valence electrons. The Balaban J connectivity index is 1.28. The number of benzene rings is 3. The normalized spacial score (nSPS) is 14.2. The van der Waals surface area contributed by atoms with Crippen LogP contribution in [0.5, 0.6) is 11.5 Å². The molecule has 2 N–H and O–H groups in total. The monoisotopic (exact) mass is 493 g/mol. The molecule has 7 nitrogen and oxygen atoms in total. The number of hydrogen-bond donors (Lipinski definition) is 2. The number of piperazine rings is 1. The molecule has 37 heavy (non-hydrogen) atoms. The first-order chi connectivity index (χ1) is 18.2. The maximum Gasteiger partial charge on any atom is 0.141 e. The van der Waals surface area contributed by atoms with Gasteiger partial charge in [0.25, 0.3) is 0 Å². The number of hydrogen-bond acceptors (Lipinski definition) is 7. The number of aliphatic hydroxyl groups excluding tert-OH is 1. The highest BCUT2D eigenvalue weighted by molar-refractivity contribution is 5.91. The number of para-hydroxylation sites is 1. The van der Waals surface area contributed by atoms with Crippen LogP contribution in [-0.4, -0.2) is 70.7 Å². The molecule has 5 rings (SSSR count). The number of aromatic nitrogens is 2. The average Bonchev–Trinajstić information content (AvgIpc) is 2.92. The van der Waals surface area contributed by atoms with Gasteiger partial charge in [-0.2, -0.15) is 0 Å². The van der Waals surface area contributed by atoms with Crippen molar-refractivity contribution in [3.8, 4) is 23.3 Å². The summed E-state index contributed by atoms with van der Waals surface area (Å²) < 4.78 is 6.01. The number of ether oxygens (including phenoxy) is 1. The first kappa shape index (κ1) is 24.7. The second kappa shape index (κ2) is 11.8. The maximum absolute atomic E-state index is 9.11. The zero-order chi connectivity index (χ0) is 25.5. The zero-order valence-corrected chi connectivity index (χ0v) is 21.0. The summed E-state index contributed by atoms with van der Waals surface area (Å²) in [5.74, 6) is 8.99. The van der Waals surface area contributed by atoms with Crippen molar-refractivity contribution in [2.75, 3.05) is 51.2 Å². The van der Waals surface area contributed by atoms with Gasteiger partial charge in [0, 0.05) is 49.4 Å². The van der Waals surface area contributed by atoms with E-state index in [9.17, 15) is 0 Å². The summed E-state index contributed by atoms with van der Waals surface area (Å²) in [6.45, 7) is 7.63. The van der Waals surface area contributed by atoms with E-state index in [2.05, 4.69) is 43.0 Å². The third kappa shape index (κ3) is 6.43. The smallest absolute Gasteiger partial charge is 0.141 e. The van der Waals surface area contributed by atoms with Gasteiger partial charge in [-0.25, -0.2) is 9.97 Å². The van der Waals surface area contributed by atoms with Gasteiger partial charge in [0.2, 0.25) is 0 Å². The SMILES string of the molecule is Cc1cc(Nc2ncnc3ccc(C#CCN4CCN(CCO)CC4)cc23)ccc1Oc1ccccc1. The molecule has 0 atom stereocenters. The minimum atomic E-state index is 0.218. The first-order valence-electron chi connectivity index (χ1n) is 12.6. The van der Waals surface area contributed by atoms with E-state index in [1.165, 1.54) is 0 Å². The van der Waals surface area contributed by atoms with Crippen LogP contribution in [-0.2, 0) is 0 Å². The summed E-state index contributed by atoms with van der Waals surface area (Å²) in [5, 5.41) is 13.5. The van der Waals surface area contributed by atoms with E-state index in [4.69, 9.17) is 9.84 Å². The van der Waals surface area contributed by atoms with Gasteiger partial charge in [0.15, 0.2) is 0 Å². The van der Waals surface area contributed by atoms with Gasteiger partial charge in [-0.15, -0.1) is 0 Å². The lowest BCUT2D eigenvalue weighted by Gasteiger charge is -2.33. The fourth-order valence-electron chi connectivity index (χ4n) is 4.39. The molecule has 0 bridgehead atoms. The second-order valence-electron chi connectivity index (χ2n) is 9.12. The molecule has 3 aromatic carbocycles. The van der Waals surface area contributed by atoms with Gasteiger partial charge in [-0.3, -0.25) is 9.80 Å². The topological polar surface area (TPSA) is 73.8 Å². The van der Waals surface area contributed by atoms with Crippen molar-refractivity contribution >= 4 is 22.4 Å². The quantitative estimate of drug-likeness (QED) is 0.369. The number of nitrogens with zero attached hydrogens (tertiary/aromatic N) is 4. The van der Waals surface area contributed by atoms with E-state index in [0.717, 1.165) is 84.3 Å². The number of rotatable bonds is 7. The van der Waals surface area contributed by atoms with E-state index < -0.39 is 0 Å². The minimum absolute atomic E-state index is 0.218. The molecule has 4 aromatic rings. The van der Waals surface area contributed by atoms with E-state index in [0.29, 0.717) is 0 Å². The van der Waals surface area contributed by atoms with Crippen LogP contribution in [0.1, 0.15) is 11.1 Å². The molecule has 0 radical (unpaired) electrons. The predicted octanol–water partition coefficient (Wildman–Crippen LogP) is 4.44. The molecule has 1 saturated heterocycles. The Morgan fingerprint density at radius 3 is 2.54 bits per heavy atom. The second-order valence-corrected chi connectivity index (χ2v) is 9.12. The summed E-state index contributed by atoms with van der Waals surface area (Å²) in [7, 11) is 0. The lowest BCUT2D eigenvalue weighted by Crippen LogP contribution is -2.47. The molecule has 7 heteroatoms. The van der Waals surface area contributed by atoms with Crippen LogP contribution >= 0.6 is 0 Å². The molecule has 0 amide bonds. The standard InChI is InChI=1S/C30H31N5O2/c1-23-20-25(10-12-29(23)37-26-7-3-2-4-8-26)33-30-27-21-24(9-11-28(27)31-22-32-30)6-5-13-34-14-16-35(17-15-34)18-19-36/h2-4,7-12,20-22,36H,13-19H2,1H3,(H,31,32,33). The highest BCUT2D eigenvalue weighted by Crippen LogP contribution is 2.29. The molecule has 0 spiro atoms. The summed E-state index contributed by atoms with van der Waals surface area (Å²) in [4.78, 5) is 13.6. The van der Waals surface area contributed by atoms with Crippen LogP contribution < -0.4 is 10.1 Å². The third-order valence-corrected chi connectivity index (χ3v) is 6.46. The third-order valence-electron chi connectivity index (χ3n) is 6.46. The lowest BCUT2D eigenvalue weighted by atomic mass is 10.1. The van der Waals surface area contributed by atoms with Gasteiger partial charge in [0.05, 0.1) is 18.7 Å². The Morgan fingerprint density at radius 1 is 0.946 bits per heavy atom. The molecule has 1 aliphatic rings. The minimum Gasteiger partial charge on any atom is -0.457 e. The van der Waals surface area contributed by atoms with Crippen LogP contribution in [0.15, 0.2) is 73.1 Å². The zero-order valence-electron chi connectivity index (χ0n) is 21.0. The molecule has 0 unspecified atom stereocenters. The number of anilines is 2.